The van der Waals surface area contributed by atoms with Crippen molar-refractivity contribution in [3.63, 3.8) is 0 Å². The maximum absolute atomic E-state index is 12.8. The zero-order valence-corrected chi connectivity index (χ0v) is 16.1. The Morgan fingerprint density at radius 3 is 2.83 bits per heavy atom. The van der Waals surface area contributed by atoms with Crippen LogP contribution in [0.25, 0.3) is 11.4 Å². The molecule has 2 aromatic carbocycles. The fourth-order valence-electron chi connectivity index (χ4n) is 3.20. The summed E-state index contributed by atoms with van der Waals surface area (Å²) in [5, 5.41) is 14.9. The first-order valence-corrected chi connectivity index (χ1v) is 9.72. The molecule has 1 aliphatic rings. The van der Waals surface area contributed by atoms with E-state index in [-0.39, 0.29) is 18.3 Å². The van der Waals surface area contributed by atoms with E-state index in [1.807, 2.05) is 59.3 Å². The number of ether oxygens (including phenoxy) is 1. The van der Waals surface area contributed by atoms with Gasteiger partial charge >= 0.3 is 0 Å². The van der Waals surface area contributed by atoms with Crippen LogP contribution in [-0.2, 0) is 6.61 Å². The van der Waals surface area contributed by atoms with Crippen LogP contribution >= 0.6 is 0 Å². The third-order valence-corrected chi connectivity index (χ3v) is 4.85. The van der Waals surface area contributed by atoms with Crippen LogP contribution in [0.2, 0.25) is 0 Å². The van der Waals surface area contributed by atoms with E-state index in [0.29, 0.717) is 23.1 Å². The van der Waals surface area contributed by atoms with Gasteiger partial charge in [0.15, 0.2) is 11.6 Å². The van der Waals surface area contributed by atoms with Crippen molar-refractivity contribution in [2.75, 3.05) is 5.32 Å². The van der Waals surface area contributed by atoms with Crippen molar-refractivity contribution in [3.05, 3.63) is 78.3 Å². The molecule has 8 nitrogen and oxygen atoms in total. The minimum atomic E-state index is -0.342. The number of rotatable bonds is 7. The van der Waals surface area contributed by atoms with Crippen molar-refractivity contribution in [1.82, 2.24) is 20.2 Å². The first-order valence-electron chi connectivity index (χ1n) is 9.72. The zero-order valence-electron chi connectivity index (χ0n) is 16.1. The molecule has 0 unspecified atom stereocenters. The van der Waals surface area contributed by atoms with Crippen LogP contribution < -0.4 is 10.1 Å². The summed E-state index contributed by atoms with van der Waals surface area (Å²) in [5.74, 6) is 1.31. The minimum Gasteiger partial charge on any atom is -0.489 e. The second-order valence-electron chi connectivity index (χ2n) is 7.09. The Morgan fingerprint density at radius 2 is 2.00 bits per heavy atom. The number of nitrogens with one attached hydrogen (secondary N) is 1. The standard InChI is InChI=1S/C22H19N5O3/c28-22(20-16(11-12-29-20)14-30-19-7-2-1-3-8-19)23-17-6-4-5-15(13-17)21-24-25-26-27(21)18-9-10-18/h1-8,11-13,18H,9-10,14H2,(H,23,28). The number of nitrogens with zero attached hydrogens (tertiary/aromatic N) is 4. The molecule has 30 heavy (non-hydrogen) atoms. The van der Waals surface area contributed by atoms with Crippen LogP contribution in [0.4, 0.5) is 5.69 Å². The van der Waals surface area contributed by atoms with Gasteiger partial charge in [-0.3, -0.25) is 4.79 Å². The van der Waals surface area contributed by atoms with Crippen molar-refractivity contribution in [2.45, 2.75) is 25.5 Å². The fourth-order valence-corrected chi connectivity index (χ4v) is 3.20. The molecule has 0 spiro atoms. The highest BCUT2D eigenvalue weighted by Gasteiger charge is 2.28. The number of anilines is 1. The predicted octanol–water partition coefficient (Wildman–Crippen LogP) is 4.10. The van der Waals surface area contributed by atoms with Gasteiger partial charge in [0, 0.05) is 16.8 Å². The SMILES string of the molecule is O=C(Nc1cccc(-c2nnnn2C2CC2)c1)c1occc1COc1ccccc1. The van der Waals surface area contributed by atoms with Crippen LogP contribution in [0.5, 0.6) is 5.75 Å². The topological polar surface area (TPSA) is 95.1 Å². The van der Waals surface area contributed by atoms with Crippen molar-refractivity contribution in [2.24, 2.45) is 0 Å². The van der Waals surface area contributed by atoms with Gasteiger partial charge in [-0.15, -0.1) is 5.10 Å². The number of carbonyl (C=O) groups is 1. The van der Waals surface area contributed by atoms with Gasteiger partial charge in [0.25, 0.3) is 5.91 Å². The molecule has 8 heteroatoms. The summed E-state index contributed by atoms with van der Waals surface area (Å²) in [6, 6.07) is 19.0. The summed E-state index contributed by atoms with van der Waals surface area (Å²) in [7, 11) is 0. The summed E-state index contributed by atoms with van der Waals surface area (Å²) in [6.07, 6.45) is 3.65. The molecule has 2 heterocycles. The Balaban J connectivity index is 1.30. The molecule has 0 bridgehead atoms. The van der Waals surface area contributed by atoms with Crippen molar-refractivity contribution >= 4 is 11.6 Å². The lowest BCUT2D eigenvalue weighted by atomic mass is 10.1. The number of tetrazole rings is 1. The van der Waals surface area contributed by atoms with E-state index in [9.17, 15) is 4.79 Å². The summed E-state index contributed by atoms with van der Waals surface area (Å²) in [4.78, 5) is 12.8. The second kappa shape index (κ2) is 7.82. The molecule has 1 amide bonds. The monoisotopic (exact) mass is 401 g/mol. The maximum atomic E-state index is 12.8. The average Bonchev–Trinajstić information content (AvgIpc) is 3.31. The predicted molar refractivity (Wildman–Crippen MR) is 109 cm³/mol. The second-order valence-corrected chi connectivity index (χ2v) is 7.09. The van der Waals surface area contributed by atoms with E-state index in [1.54, 1.807) is 6.07 Å². The molecule has 0 aliphatic heterocycles. The lowest BCUT2D eigenvalue weighted by Gasteiger charge is -2.08. The lowest BCUT2D eigenvalue weighted by molar-refractivity contribution is 0.0993. The van der Waals surface area contributed by atoms with Crippen LogP contribution in [0, 0.1) is 0 Å². The summed E-state index contributed by atoms with van der Waals surface area (Å²) in [6.45, 7) is 0.236. The molecule has 1 fully saturated rings. The van der Waals surface area contributed by atoms with E-state index in [2.05, 4.69) is 20.8 Å². The summed E-state index contributed by atoms with van der Waals surface area (Å²) in [5.41, 5.74) is 2.15. The number of amides is 1. The number of hydrogen-bond donors (Lipinski definition) is 1. The van der Waals surface area contributed by atoms with Crippen molar-refractivity contribution in [3.8, 4) is 17.1 Å². The molecule has 1 aliphatic carbocycles. The first-order chi connectivity index (χ1) is 14.8. The highest BCUT2D eigenvalue weighted by Crippen LogP contribution is 2.36. The van der Waals surface area contributed by atoms with Crippen molar-refractivity contribution < 1.29 is 13.9 Å². The number of benzene rings is 2. The molecular formula is C22H19N5O3. The van der Waals surface area contributed by atoms with Gasteiger partial charge < -0.3 is 14.5 Å². The number of furan rings is 1. The van der Waals surface area contributed by atoms with Gasteiger partial charge in [-0.25, -0.2) is 4.68 Å². The molecule has 5 rings (SSSR count). The maximum Gasteiger partial charge on any atom is 0.291 e. The van der Waals surface area contributed by atoms with E-state index in [4.69, 9.17) is 9.15 Å². The largest absolute Gasteiger partial charge is 0.489 e. The molecule has 150 valence electrons. The molecular weight excluding hydrogens is 382 g/mol. The molecule has 4 aromatic rings. The van der Waals surface area contributed by atoms with Gasteiger partial charge in [-0.2, -0.15) is 0 Å². The molecule has 1 N–H and O–H groups in total. The normalized spacial score (nSPS) is 13.2. The van der Waals surface area contributed by atoms with Crippen LogP contribution in [0.15, 0.2) is 71.3 Å². The molecule has 0 saturated heterocycles. The number of para-hydroxylation sites is 1. The Labute approximate surface area is 172 Å². The number of carbonyl (C=O) groups excluding carboxylic acids is 1. The first kappa shape index (κ1) is 18.1. The highest BCUT2D eigenvalue weighted by atomic mass is 16.5. The molecule has 2 aromatic heterocycles. The fraction of sp³-hybridized carbons (Fsp3) is 0.182. The Bertz CT molecular complexity index is 1160. The van der Waals surface area contributed by atoms with Gasteiger partial charge in [0.2, 0.25) is 0 Å². The van der Waals surface area contributed by atoms with E-state index in [1.165, 1.54) is 6.26 Å². The van der Waals surface area contributed by atoms with Crippen LogP contribution in [0.1, 0.15) is 35.0 Å². The third-order valence-electron chi connectivity index (χ3n) is 4.85. The Kier molecular flexibility index (Phi) is 4.72. The smallest absolute Gasteiger partial charge is 0.291 e. The number of aromatic nitrogens is 4. The highest BCUT2D eigenvalue weighted by molar-refractivity contribution is 6.03. The van der Waals surface area contributed by atoms with Crippen LogP contribution in [-0.4, -0.2) is 26.1 Å². The average molecular weight is 401 g/mol. The van der Waals surface area contributed by atoms with E-state index < -0.39 is 0 Å². The zero-order chi connectivity index (χ0) is 20.3. The Hall–Kier alpha value is -3.94. The Morgan fingerprint density at radius 1 is 1.13 bits per heavy atom. The quantitative estimate of drug-likeness (QED) is 0.501. The van der Waals surface area contributed by atoms with Gasteiger partial charge in [0.1, 0.15) is 12.4 Å². The molecule has 0 radical (unpaired) electrons. The van der Waals surface area contributed by atoms with E-state index in [0.717, 1.165) is 24.2 Å². The summed E-state index contributed by atoms with van der Waals surface area (Å²) < 4.78 is 13.0. The minimum absolute atomic E-state index is 0.221. The van der Waals surface area contributed by atoms with E-state index >= 15 is 0 Å². The van der Waals surface area contributed by atoms with Gasteiger partial charge in [-0.1, -0.05) is 30.3 Å². The van der Waals surface area contributed by atoms with Gasteiger partial charge in [0.05, 0.1) is 12.3 Å². The van der Waals surface area contributed by atoms with Crippen LogP contribution in [0.3, 0.4) is 0 Å². The molecule has 0 atom stereocenters. The summed E-state index contributed by atoms with van der Waals surface area (Å²) >= 11 is 0. The lowest BCUT2D eigenvalue weighted by Crippen LogP contribution is -2.14. The van der Waals surface area contributed by atoms with Crippen molar-refractivity contribution in [1.29, 1.82) is 0 Å². The molecule has 1 saturated carbocycles. The van der Waals surface area contributed by atoms with Gasteiger partial charge in [-0.05, 0) is 53.6 Å². The number of hydrogen-bond acceptors (Lipinski definition) is 6. The third kappa shape index (κ3) is 3.80.